The van der Waals surface area contributed by atoms with Gasteiger partial charge < -0.3 is 10.1 Å². The molecule has 0 radical (unpaired) electrons. The lowest BCUT2D eigenvalue weighted by Crippen LogP contribution is -2.29. The van der Waals surface area contributed by atoms with Crippen LogP contribution in [0, 0.1) is 0 Å². The fraction of sp³-hybridized carbons (Fsp3) is 0.444. The van der Waals surface area contributed by atoms with Crippen molar-refractivity contribution < 1.29 is 22.7 Å². The molecule has 1 saturated carbocycles. The molecule has 1 N–H and O–H groups in total. The van der Waals surface area contributed by atoms with E-state index >= 15 is 0 Å². The SMILES string of the molecule is COc1cccc(CC(=O)NCCn2nc(C(F)(F)F)cc2C2CC2)c1. The van der Waals surface area contributed by atoms with Gasteiger partial charge in [-0.25, -0.2) is 0 Å². The van der Waals surface area contributed by atoms with Crippen molar-refractivity contribution in [1.82, 2.24) is 15.1 Å². The highest BCUT2D eigenvalue weighted by Gasteiger charge is 2.37. The summed E-state index contributed by atoms with van der Waals surface area (Å²) < 4.78 is 45.1. The van der Waals surface area contributed by atoms with Gasteiger partial charge in [0.25, 0.3) is 0 Å². The van der Waals surface area contributed by atoms with Gasteiger partial charge in [-0.05, 0) is 36.6 Å². The number of nitrogens with one attached hydrogen (secondary N) is 1. The van der Waals surface area contributed by atoms with Gasteiger partial charge in [0.15, 0.2) is 5.69 Å². The quantitative estimate of drug-likeness (QED) is 0.818. The van der Waals surface area contributed by atoms with Crippen molar-refractivity contribution in [3.05, 3.63) is 47.3 Å². The molecule has 0 aliphatic heterocycles. The van der Waals surface area contributed by atoms with Gasteiger partial charge in [0.2, 0.25) is 5.91 Å². The molecule has 0 unspecified atom stereocenters. The Kier molecular flexibility index (Phi) is 5.20. The maximum Gasteiger partial charge on any atom is 0.435 e. The summed E-state index contributed by atoms with van der Waals surface area (Å²) in [5, 5.41) is 6.40. The minimum absolute atomic E-state index is 0.145. The summed E-state index contributed by atoms with van der Waals surface area (Å²) in [7, 11) is 1.55. The molecule has 140 valence electrons. The third-order valence-electron chi connectivity index (χ3n) is 4.24. The predicted molar refractivity (Wildman–Crippen MR) is 88.9 cm³/mol. The summed E-state index contributed by atoms with van der Waals surface area (Å²) >= 11 is 0. The number of nitrogens with zero attached hydrogens (tertiary/aromatic N) is 2. The fourth-order valence-electron chi connectivity index (χ4n) is 2.79. The monoisotopic (exact) mass is 367 g/mol. The van der Waals surface area contributed by atoms with E-state index in [2.05, 4.69) is 10.4 Å². The number of alkyl halides is 3. The average molecular weight is 367 g/mol. The number of benzene rings is 1. The number of carbonyl (C=O) groups is 1. The van der Waals surface area contributed by atoms with E-state index in [0.29, 0.717) is 11.4 Å². The third kappa shape index (κ3) is 4.56. The highest BCUT2D eigenvalue weighted by molar-refractivity contribution is 5.78. The number of amides is 1. The van der Waals surface area contributed by atoms with Crippen LogP contribution in [0.25, 0.3) is 0 Å². The molecule has 0 saturated heterocycles. The zero-order valence-corrected chi connectivity index (χ0v) is 14.3. The molecule has 8 heteroatoms. The van der Waals surface area contributed by atoms with Crippen LogP contribution < -0.4 is 10.1 Å². The molecule has 3 rings (SSSR count). The molecule has 1 aliphatic carbocycles. The van der Waals surface area contributed by atoms with Gasteiger partial charge in [-0.15, -0.1) is 0 Å². The van der Waals surface area contributed by atoms with E-state index in [0.717, 1.165) is 24.5 Å². The third-order valence-corrected chi connectivity index (χ3v) is 4.24. The van der Waals surface area contributed by atoms with Crippen LogP contribution in [0.4, 0.5) is 13.2 Å². The van der Waals surface area contributed by atoms with Crippen molar-refractivity contribution in [3.8, 4) is 5.75 Å². The van der Waals surface area contributed by atoms with Gasteiger partial charge in [-0.1, -0.05) is 12.1 Å². The van der Waals surface area contributed by atoms with E-state index in [-0.39, 0.29) is 31.3 Å². The van der Waals surface area contributed by atoms with Crippen molar-refractivity contribution in [3.63, 3.8) is 0 Å². The number of rotatable bonds is 7. The van der Waals surface area contributed by atoms with Crippen LogP contribution in [0.2, 0.25) is 0 Å². The first-order valence-electron chi connectivity index (χ1n) is 8.41. The average Bonchev–Trinajstić information content (AvgIpc) is 3.34. The summed E-state index contributed by atoms with van der Waals surface area (Å²) in [4.78, 5) is 12.0. The van der Waals surface area contributed by atoms with Crippen LogP contribution in [0.1, 0.15) is 35.7 Å². The van der Waals surface area contributed by atoms with Crippen molar-refractivity contribution in [1.29, 1.82) is 0 Å². The Hall–Kier alpha value is -2.51. The maximum atomic E-state index is 12.9. The minimum Gasteiger partial charge on any atom is -0.497 e. The summed E-state index contributed by atoms with van der Waals surface area (Å²) in [5.74, 6) is 0.612. The molecule has 1 aromatic heterocycles. The summed E-state index contributed by atoms with van der Waals surface area (Å²) in [6, 6.07) is 8.29. The van der Waals surface area contributed by atoms with Crippen LogP contribution in [0.5, 0.6) is 5.75 Å². The molecule has 0 spiro atoms. The smallest absolute Gasteiger partial charge is 0.435 e. The zero-order valence-electron chi connectivity index (χ0n) is 14.3. The zero-order chi connectivity index (χ0) is 18.7. The van der Waals surface area contributed by atoms with Gasteiger partial charge in [0, 0.05) is 18.2 Å². The molecular formula is C18H20F3N3O2. The fourth-order valence-corrected chi connectivity index (χ4v) is 2.79. The first kappa shape index (κ1) is 18.3. The van der Waals surface area contributed by atoms with Crippen LogP contribution in [-0.4, -0.2) is 29.3 Å². The topological polar surface area (TPSA) is 56.1 Å². The lowest BCUT2D eigenvalue weighted by Gasteiger charge is -2.09. The Morgan fingerprint density at radius 2 is 2.12 bits per heavy atom. The van der Waals surface area contributed by atoms with E-state index in [9.17, 15) is 18.0 Å². The number of methoxy groups -OCH3 is 1. The van der Waals surface area contributed by atoms with Crippen LogP contribution >= 0.6 is 0 Å². The molecule has 1 heterocycles. The number of aromatic nitrogens is 2. The molecule has 0 atom stereocenters. The Bertz CT molecular complexity index is 782. The molecule has 5 nitrogen and oxygen atoms in total. The van der Waals surface area contributed by atoms with Gasteiger partial charge in [-0.3, -0.25) is 9.48 Å². The molecule has 1 amide bonds. The summed E-state index contributed by atoms with van der Waals surface area (Å²) in [6.45, 7) is 0.438. The lowest BCUT2D eigenvalue weighted by molar-refractivity contribution is -0.141. The van der Waals surface area contributed by atoms with Gasteiger partial charge in [0.1, 0.15) is 5.75 Å². The number of halogens is 3. The Balaban J connectivity index is 1.56. The van der Waals surface area contributed by atoms with Crippen LogP contribution in [0.15, 0.2) is 30.3 Å². The molecule has 1 fully saturated rings. The van der Waals surface area contributed by atoms with Crippen molar-refractivity contribution >= 4 is 5.91 Å². The highest BCUT2D eigenvalue weighted by Crippen LogP contribution is 2.42. The second-order valence-corrected chi connectivity index (χ2v) is 6.33. The first-order chi connectivity index (χ1) is 12.4. The van der Waals surface area contributed by atoms with E-state index in [1.54, 1.807) is 25.3 Å². The Morgan fingerprint density at radius 1 is 1.35 bits per heavy atom. The lowest BCUT2D eigenvalue weighted by atomic mass is 10.1. The Morgan fingerprint density at radius 3 is 2.77 bits per heavy atom. The van der Waals surface area contributed by atoms with Gasteiger partial charge >= 0.3 is 6.18 Å². The molecule has 26 heavy (non-hydrogen) atoms. The number of hydrogen-bond donors (Lipinski definition) is 1. The minimum atomic E-state index is -4.45. The van der Waals surface area contributed by atoms with Gasteiger partial charge in [-0.2, -0.15) is 18.3 Å². The highest BCUT2D eigenvalue weighted by atomic mass is 19.4. The molecule has 2 aromatic rings. The Labute approximate surface area is 149 Å². The summed E-state index contributed by atoms with van der Waals surface area (Å²) in [5.41, 5.74) is 0.528. The van der Waals surface area contributed by atoms with Crippen molar-refractivity contribution in [2.45, 2.75) is 37.9 Å². The maximum absolute atomic E-state index is 12.9. The largest absolute Gasteiger partial charge is 0.497 e. The van der Waals surface area contributed by atoms with E-state index < -0.39 is 11.9 Å². The standard InChI is InChI=1S/C18H20F3N3O2/c1-26-14-4-2-3-12(9-14)10-17(25)22-7-8-24-15(13-5-6-13)11-16(23-24)18(19,20)21/h2-4,9,11,13H,5-8,10H2,1H3,(H,22,25). The second-order valence-electron chi connectivity index (χ2n) is 6.33. The van der Waals surface area contributed by atoms with Crippen LogP contribution in [0.3, 0.4) is 0 Å². The van der Waals surface area contributed by atoms with E-state index in [1.807, 2.05) is 6.07 Å². The number of ether oxygens (including phenoxy) is 1. The molecule has 1 aromatic carbocycles. The van der Waals surface area contributed by atoms with Gasteiger partial charge in [0.05, 0.1) is 20.1 Å². The first-order valence-corrected chi connectivity index (χ1v) is 8.41. The van der Waals surface area contributed by atoms with Crippen molar-refractivity contribution in [2.24, 2.45) is 0 Å². The van der Waals surface area contributed by atoms with Crippen molar-refractivity contribution in [2.75, 3.05) is 13.7 Å². The number of carbonyl (C=O) groups excluding carboxylic acids is 1. The second kappa shape index (κ2) is 7.39. The van der Waals surface area contributed by atoms with Crippen LogP contribution in [-0.2, 0) is 23.9 Å². The van der Waals surface area contributed by atoms with E-state index in [1.165, 1.54) is 4.68 Å². The molecular weight excluding hydrogens is 347 g/mol. The molecule has 1 aliphatic rings. The van der Waals surface area contributed by atoms with E-state index in [4.69, 9.17) is 4.74 Å². The summed E-state index contributed by atoms with van der Waals surface area (Å²) in [6.07, 6.45) is -2.51. The number of hydrogen-bond acceptors (Lipinski definition) is 3. The molecule has 0 bridgehead atoms. The predicted octanol–water partition coefficient (Wildman–Crippen LogP) is 3.15. The normalized spacial score (nSPS) is 14.3.